The predicted molar refractivity (Wildman–Crippen MR) is 81.0 cm³/mol. The summed E-state index contributed by atoms with van der Waals surface area (Å²) >= 11 is 6.02. The van der Waals surface area contributed by atoms with Gasteiger partial charge in [0.2, 0.25) is 0 Å². The first-order valence-corrected chi connectivity index (χ1v) is 7.32. The van der Waals surface area contributed by atoms with E-state index in [0.717, 1.165) is 29.5 Å². The van der Waals surface area contributed by atoms with Crippen LogP contribution in [0.3, 0.4) is 0 Å². The van der Waals surface area contributed by atoms with Crippen molar-refractivity contribution < 1.29 is 5.11 Å². The highest BCUT2D eigenvalue weighted by molar-refractivity contribution is 6.30. The average Bonchev–Trinajstić information content (AvgIpc) is 3.18. The molecule has 2 aromatic rings. The molecule has 0 bridgehead atoms. The smallest absolute Gasteiger partial charge is 0.125 e. The van der Waals surface area contributed by atoms with Gasteiger partial charge in [0.15, 0.2) is 0 Å². The van der Waals surface area contributed by atoms with Crippen molar-refractivity contribution in [3.8, 4) is 11.3 Å². The van der Waals surface area contributed by atoms with E-state index >= 15 is 0 Å². The van der Waals surface area contributed by atoms with Crippen molar-refractivity contribution in [2.75, 3.05) is 18.5 Å². The maximum atomic E-state index is 9.15. The standard InChI is InChI=1S/C15H18ClN3O/c16-13-3-1-2-12(8-13)14-9-15(17-10-11-4-5-11)19(18-14)6-7-20/h1-3,8-9,11,17,20H,4-7,10H2. The topological polar surface area (TPSA) is 50.1 Å². The SMILES string of the molecule is OCCn1nc(-c2cccc(Cl)c2)cc1NCC1CC1. The summed E-state index contributed by atoms with van der Waals surface area (Å²) < 4.78 is 1.82. The molecule has 4 nitrogen and oxygen atoms in total. The number of rotatable bonds is 6. The molecule has 2 N–H and O–H groups in total. The molecule has 1 heterocycles. The number of hydrogen-bond acceptors (Lipinski definition) is 3. The summed E-state index contributed by atoms with van der Waals surface area (Å²) in [5.74, 6) is 1.75. The van der Waals surface area contributed by atoms with Crippen molar-refractivity contribution >= 4 is 17.4 Å². The third-order valence-corrected chi connectivity index (χ3v) is 3.72. The second-order valence-corrected chi connectivity index (χ2v) is 5.63. The Balaban J connectivity index is 1.84. The first-order chi connectivity index (χ1) is 9.76. The molecule has 0 saturated heterocycles. The van der Waals surface area contributed by atoms with Gasteiger partial charge in [-0.1, -0.05) is 23.7 Å². The summed E-state index contributed by atoms with van der Waals surface area (Å²) in [5.41, 5.74) is 1.86. The van der Waals surface area contributed by atoms with Gasteiger partial charge in [0.25, 0.3) is 0 Å². The predicted octanol–water partition coefficient (Wildman–Crippen LogP) is 3.02. The summed E-state index contributed by atoms with van der Waals surface area (Å²) in [6.07, 6.45) is 2.62. The maximum absolute atomic E-state index is 9.15. The van der Waals surface area contributed by atoms with Gasteiger partial charge >= 0.3 is 0 Å². The molecular formula is C15H18ClN3O. The van der Waals surface area contributed by atoms with E-state index in [2.05, 4.69) is 10.4 Å². The molecule has 0 aliphatic heterocycles. The molecule has 3 rings (SSSR count). The number of nitrogens with zero attached hydrogens (tertiary/aromatic N) is 2. The van der Waals surface area contributed by atoms with Crippen LogP contribution in [0.15, 0.2) is 30.3 Å². The van der Waals surface area contributed by atoms with E-state index in [9.17, 15) is 0 Å². The van der Waals surface area contributed by atoms with Gasteiger partial charge in [-0.15, -0.1) is 0 Å². The summed E-state index contributed by atoms with van der Waals surface area (Å²) in [6.45, 7) is 1.55. The number of halogens is 1. The lowest BCUT2D eigenvalue weighted by molar-refractivity contribution is 0.270. The zero-order chi connectivity index (χ0) is 13.9. The molecule has 1 aliphatic rings. The van der Waals surface area contributed by atoms with Crippen LogP contribution < -0.4 is 5.32 Å². The van der Waals surface area contributed by atoms with Crippen LogP contribution in [-0.4, -0.2) is 28.0 Å². The van der Waals surface area contributed by atoms with Gasteiger partial charge in [-0.2, -0.15) is 5.10 Å². The average molecular weight is 292 g/mol. The second-order valence-electron chi connectivity index (χ2n) is 5.20. The lowest BCUT2D eigenvalue weighted by atomic mass is 10.1. The van der Waals surface area contributed by atoms with Gasteiger partial charge in [0.1, 0.15) is 5.82 Å². The van der Waals surface area contributed by atoms with Gasteiger partial charge in [-0.3, -0.25) is 0 Å². The fourth-order valence-corrected chi connectivity index (χ4v) is 2.37. The Morgan fingerprint density at radius 2 is 2.20 bits per heavy atom. The van der Waals surface area contributed by atoms with Crippen LogP contribution in [-0.2, 0) is 6.54 Å². The molecule has 0 radical (unpaired) electrons. The molecular weight excluding hydrogens is 274 g/mol. The van der Waals surface area contributed by atoms with E-state index in [1.54, 1.807) is 0 Å². The highest BCUT2D eigenvalue weighted by Gasteiger charge is 2.21. The Morgan fingerprint density at radius 3 is 2.90 bits per heavy atom. The Kier molecular flexibility index (Phi) is 3.94. The Labute approximate surface area is 123 Å². The molecule has 0 amide bonds. The molecule has 0 atom stereocenters. The van der Waals surface area contributed by atoms with E-state index in [1.807, 2.05) is 35.0 Å². The zero-order valence-electron chi connectivity index (χ0n) is 11.2. The van der Waals surface area contributed by atoms with Gasteiger partial charge in [-0.05, 0) is 30.9 Å². The van der Waals surface area contributed by atoms with E-state index in [0.29, 0.717) is 11.6 Å². The van der Waals surface area contributed by atoms with Crippen molar-refractivity contribution in [1.82, 2.24) is 9.78 Å². The Bertz CT molecular complexity index is 593. The van der Waals surface area contributed by atoms with Crippen molar-refractivity contribution in [2.45, 2.75) is 19.4 Å². The monoisotopic (exact) mass is 291 g/mol. The highest BCUT2D eigenvalue weighted by Crippen LogP contribution is 2.30. The van der Waals surface area contributed by atoms with Crippen molar-refractivity contribution in [3.05, 3.63) is 35.4 Å². The number of aliphatic hydroxyl groups is 1. The third kappa shape index (κ3) is 3.14. The molecule has 5 heteroatoms. The molecule has 1 aromatic heterocycles. The lowest BCUT2D eigenvalue weighted by Crippen LogP contribution is -2.11. The third-order valence-electron chi connectivity index (χ3n) is 3.48. The van der Waals surface area contributed by atoms with Gasteiger partial charge in [0.05, 0.1) is 18.8 Å². The minimum Gasteiger partial charge on any atom is -0.394 e. The van der Waals surface area contributed by atoms with Crippen molar-refractivity contribution in [1.29, 1.82) is 0 Å². The summed E-state index contributed by atoms with van der Waals surface area (Å²) in [4.78, 5) is 0. The minimum atomic E-state index is 0.0781. The van der Waals surface area contributed by atoms with Crippen LogP contribution in [0.5, 0.6) is 0 Å². The maximum Gasteiger partial charge on any atom is 0.125 e. The Morgan fingerprint density at radius 1 is 1.35 bits per heavy atom. The fourth-order valence-electron chi connectivity index (χ4n) is 2.18. The molecule has 0 spiro atoms. The Hall–Kier alpha value is -1.52. The largest absolute Gasteiger partial charge is 0.394 e. The number of aromatic nitrogens is 2. The first-order valence-electron chi connectivity index (χ1n) is 6.95. The van der Waals surface area contributed by atoms with Crippen LogP contribution in [0.2, 0.25) is 5.02 Å². The molecule has 20 heavy (non-hydrogen) atoms. The highest BCUT2D eigenvalue weighted by atomic mass is 35.5. The molecule has 1 aliphatic carbocycles. The number of hydrogen-bond donors (Lipinski definition) is 2. The van der Waals surface area contributed by atoms with E-state index < -0.39 is 0 Å². The number of benzene rings is 1. The molecule has 106 valence electrons. The van der Waals surface area contributed by atoms with Crippen LogP contribution in [0.25, 0.3) is 11.3 Å². The first kappa shape index (κ1) is 13.5. The molecule has 0 unspecified atom stereocenters. The van der Waals surface area contributed by atoms with Gasteiger partial charge < -0.3 is 10.4 Å². The van der Waals surface area contributed by atoms with Crippen LogP contribution in [0, 0.1) is 5.92 Å². The molecule has 1 fully saturated rings. The normalized spacial score (nSPS) is 14.5. The number of nitrogens with one attached hydrogen (secondary N) is 1. The number of aliphatic hydroxyl groups excluding tert-OH is 1. The van der Waals surface area contributed by atoms with Crippen molar-refractivity contribution in [2.24, 2.45) is 5.92 Å². The molecule has 1 aromatic carbocycles. The fraction of sp³-hybridized carbons (Fsp3) is 0.400. The van der Waals surface area contributed by atoms with Gasteiger partial charge in [-0.25, -0.2) is 4.68 Å². The summed E-state index contributed by atoms with van der Waals surface area (Å²) in [6, 6.07) is 9.67. The lowest BCUT2D eigenvalue weighted by Gasteiger charge is -2.07. The van der Waals surface area contributed by atoms with E-state index in [-0.39, 0.29) is 6.61 Å². The molecule has 1 saturated carbocycles. The van der Waals surface area contributed by atoms with E-state index in [1.165, 1.54) is 12.8 Å². The number of anilines is 1. The zero-order valence-corrected chi connectivity index (χ0v) is 12.0. The van der Waals surface area contributed by atoms with Crippen LogP contribution in [0.4, 0.5) is 5.82 Å². The minimum absolute atomic E-state index is 0.0781. The summed E-state index contributed by atoms with van der Waals surface area (Å²) in [5, 5.41) is 17.8. The van der Waals surface area contributed by atoms with Crippen molar-refractivity contribution in [3.63, 3.8) is 0 Å². The van der Waals surface area contributed by atoms with E-state index in [4.69, 9.17) is 16.7 Å². The second kappa shape index (κ2) is 5.85. The summed E-state index contributed by atoms with van der Waals surface area (Å²) in [7, 11) is 0. The quantitative estimate of drug-likeness (QED) is 0.860. The van der Waals surface area contributed by atoms with Gasteiger partial charge in [0, 0.05) is 23.2 Å². The van der Waals surface area contributed by atoms with Crippen LogP contribution >= 0.6 is 11.6 Å². The van der Waals surface area contributed by atoms with Crippen LogP contribution in [0.1, 0.15) is 12.8 Å².